The molecule has 0 saturated carbocycles. The summed E-state index contributed by atoms with van der Waals surface area (Å²) in [6.45, 7) is 1.57. The van der Waals surface area contributed by atoms with Crippen molar-refractivity contribution >= 4 is 12.3 Å². The summed E-state index contributed by atoms with van der Waals surface area (Å²) < 4.78 is 0. The molecule has 0 amide bonds. The van der Waals surface area contributed by atoms with E-state index < -0.39 is 30.9 Å². The Hall–Kier alpha value is -1.02. The van der Waals surface area contributed by atoms with E-state index in [1.54, 1.807) is 0 Å². The predicted molar refractivity (Wildman–Crippen MR) is 109 cm³/mol. The van der Waals surface area contributed by atoms with Gasteiger partial charge in [-0.25, -0.2) is 0 Å². The van der Waals surface area contributed by atoms with Crippen LogP contribution in [0.25, 0.3) is 0 Å². The second-order valence-electron chi connectivity index (χ2n) is 7.25. The van der Waals surface area contributed by atoms with Crippen LogP contribution in [0.3, 0.4) is 0 Å². The molecule has 5 N–H and O–H groups in total. The number of carbonyl (C=O) groups is 2. The van der Waals surface area contributed by atoms with E-state index in [4.69, 9.17) is 25.5 Å². The quantitative estimate of drug-likeness (QED) is 0.174. The van der Waals surface area contributed by atoms with Gasteiger partial charge >= 0.3 is 5.97 Å². The number of carboxylic acid groups (broad SMARTS) is 1. The second-order valence-corrected chi connectivity index (χ2v) is 7.25. The largest absolute Gasteiger partial charge is 0.481 e. The maximum atomic E-state index is 10.3. The summed E-state index contributed by atoms with van der Waals surface area (Å²) in [7, 11) is 0. The minimum Gasteiger partial charge on any atom is -0.481 e. The average Bonchev–Trinajstić information content (AvgIpc) is 2.69. The van der Waals surface area contributed by atoms with Gasteiger partial charge in [0.1, 0.15) is 18.3 Å². The Bertz CT molecular complexity index is 350. The summed E-state index contributed by atoms with van der Waals surface area (Å²) in [5, 5.41) is 42.5. The van der Waals surface area contributed by atoms with Crippen molar-refractivity contribution in [1.82, 2.24) is 0 Å². The average molecular weight is 407 g/mol. The fourth-order valence-corrected chi connectivity index (χ4v) is 2.71. The molecule has 0 fully saturated rings. The number of aldehydes is 1. The highest BCUT2D eigenvalue weighted by Crippen LogP contribution is 2.12. The van der Waals surface area contributed by atoms with Crippen LogP contribution in [-0.2, 0) is 9.59 Å². The molecular weight excluding hydrogens is 364 g/mol. The summed E-state index contributed by atoms with van der Waals surface area (Å²) in [6, 6.07) is 0. The Morgan fingerprint density at radius 3 is 1.50 bits per heavy atom. The SMILES string of the molecule is CCCCCCCCCCCCCCCC(=O)O.O=C[C@H](O)[C@@H](O)[C@H](O)CO. The first-order chi connectivity index (χ1) is 13.4. The molecule has 0 bridgehead atoms. The highest BCUT2D eigenvalue weighted by Gasteiger charge is 2.22. The first-order valence-electron chi connectivity index (χ1n) is 10.7. The van der Waals surface area contributed by atoms with E-state index in [0.717, 1.165) is 12.8 Å². The predicted octanol–water partition coefficient (Wildman–Crippen LogP) is 2.81. The van der Waals surface area contributed by atoms with Gasteiger partial charge in [0.2, 0.25) is 0 Å². The van der Waals surface area contributed by atoms with E-state index in [2.05, 4.69) is 6.92 Å². The van der Waals surface area contributed by atoms with Gasteiger partial charge in [0, 0.05) is 6.42 Å². The molecule has 0 rings (SSSR count). The summed E-state index contributed by atoms with van der Waals surface area (Å²) in [4.78, 5) is 20.1. The molecule has 7 nitrogen and oxygen atoms in total. The Kier molecular flexibility index (Phi) is 23.2. The smallest absolute Gasteiger partial charge is 0.303 e. The first-order valence-corrected chi connectivity index (χ1v) is 10.7. The fraction of sp³-hybridized carbons (Fsp3) is 0.905. The molecule has 168 valence electrons. The summed E-state index contributed by atoms with van der Waals surface area (Å²) in [6.07, 6.45) is 12.6. The number of hydrogen-bond acceptors (Lipinski definition) is 6. The van der Waals surface area contributed by atoms with E-state index in [9.17, 15) is 9.59 Å². The Morgan fingerprint density at radius 2 is 1.18 bits per heavy atom. The fourth-order valence-electron chi connectivity index (χ4n) is 2.71. The third-order valence-electron chi connectivity index (χ3n) is 4.56. The van der Waals surface area contributed by atoms with Crippen molar-refractivity contribution in [2.45, 2.75) is 115 Å². The maximum Gasteiger partial charge on any atom is 0.303 e. The highest BCUT2D eigenvalue weighted by molar-refractivity contribution is 5.66. The van der Waals surface area contributed by atoms with Crippen molar-refractivity contribution in [3.05, 3.63) is 0 Å². The van der Waals surface area contributed by atoms with Gasteiger partial charge in [-0.05, 0) is 6.42 Å². The normalized spacial score (nSPS) is 13.9. The minimum absolute atomic E-state index is 0.0869. The van der Waals surface area contributed by atoms with Crippen LogP contribution in [0.5, 0.6) is 0 Å². The second kappa shape index (κ2) is 22.3. The molecule has 0 unspecified atom stereocenters. The van der Waals surface area contributed by atoms with Crippen LogP contribution in [0.1, 0.15) is 96.8 Å². The number of unbranched alkanes of at least 4 members (excludes halogenated alkanes) is 12. The topological polar surface area (TPSA) is 135 Å². The molecule has 7 heteroatoms. The summed E-state index contributed by atoms with van der Waals surface area (Å²) in [5.74, 6) is -0.655. The molecule has 0 spiro atoms. The zero-order valence-electron chi connectivity index (χ0n) is 17.5. The molecule has 0 aromatic carbocycles. The van der Waals surface area contributed by atoms with Crippen LogP contribution < -0.4 is 0 Å². The van der Waals surface area contributed by atoms with E-state index in [-0.39, 0.29) is 6.29 Å². The number of carboxylic acids is 1. The minimum atomic E-state index is -1.64. The van der Waals surface area contributed by atoms with Gasteiger partial charge in [0.25, 0.3) is 0 Å². The summed E-state index contributed by atoms with van der Waals surface area (Å²) >= 11 is 0. The first kappa shape index (κ1) is 29.2. The molecule has 0 aliphatic rings. The van der Waals surface area contributed by atoms with Crippen molar-refractivity contribution in [2.24, 2.45) is 0 Å². The van der Waals surface area contributed by atoms with Crippen LogP contribution in [-0.4, -0.2) is 62.7 Å². The van der Waals surface area contributed by atoms with Gasteiger partial charge in [0.15, 0.2) is 6.29 Å². The van der Waals surface area contributed by atoms with Crippen molar-refractivity contribution in [1.29, 1.82) is 0 Å². The third-order valence-corrected chi connectivity index (χ3v) is 4.56. The number of rotatable bonds is 18. The van der Waals surface area contributed by atoms with Gasteiger partial charge in [-0.1, -0.05) is 84.0 Å². The lowest BCUT2D eigenvalue weighted by Gasteiger charge is -2.16. The molecule has 0 aliphatic heterocycles. The standard InChI is InChI=1S/C16H32O2.C5H10O5/c1-2-3-4-5-6-7-8-9-10-11-12-13-14-15-16(17)18;6-1-3(8)5(10)4(9)2-7/h2-15H2,1H3,(H,17,18);1,3-5,7-10H,2H2/t;3-,4+,5+/m.0/s1. The van der Waals surface area contributed by atoms with Gasteiger partial charge < -0.3 is 30.3 Å². The van der Waals surface area contributed by atoms with Gasteiger partial charge in [-0.15, -0.1) is 0 Å². The Balaban J connectivity index is 0. The number of aliphatic hydroxyl groups is 4. The maximum absolute atomic E-state index is 10.3. The monoisotopic (exact) mass is 406 g/mol. The highest BCUT2D eigenvalue weighted by atomic mass is 16.4. The van der Waals surface area contributed by atoms with Gasteiger partial charge in [-0.2, -0.15) is 0 Å². The van der Waals surface area contributed by atoms with Crippen molar-refractivity contribution in [3.63, 3.8) is 0 Å². The molecule has 28 heavy (non-hydrogen) atoms. The zero-order valence-corrected chi connectivity index (χ0v) is 17.5. The van der Waals surface area contributed by atoms with Gasteiger partial charge in [-0.3, -0.25) is 4.79 Å². The van der Waals surface area contributed by atoms with Crippen LogP contribution in [0.4, 0.5) is 0 Å². The van der Waals surface area contributed by atoms with Crippen molar-refractivity contribution in [2.75, 3.05) is 6.61 Å². The lowest BCUT2D eigenvalue weighted by molar-refractivity contribution is -0.137. The molecule has 0 saturated heterocycles. The van der Waals surface area contributed by atoms with Crippen LogP contribution >= 0.6 is 0 Å². The van der Waals surface area contributed by atoms with Crippen LogP contribution in [0.15, 0.2) is 0 Å². The molecule has 3 atom stereocenters. The van der Waals surface area contributed by atoms with Gasteiger partial charge in [0.05, 0.1) is 6.61 Å². The Morgan fingerprint density at radius 1 is 0.786 bits per heavy atom. The molecule has 0 aliphatic carbocycles. The van der Waals surface area contributed by atoms with E-state index in [0.29, 0.717) is 6.42 Å². The van der Waals surface area contributed by atoms with Crippen molar-refractivity contribution in [3.8, 4) is 0 Å². The van der Waals surface area contributed by atoms with E-state index >= 15 is 0 Å². The zero-order chi connectivity index (χ0) is 21.6. The number of hydrogen-bond donors (Lipinski definition) is 5. The number of carbonyl (C=O) groups excluding carboxylic acids is 1. The molecule has 0 heterocycles. The van der Waals surface area contributed by atoms with E-state index in [1.807, 2.05) is 0 Å². The Labute approximate surface area is 169 Å². The molecule has 0 aromatic rings. The molecule has 0 radical (unpaired) electrons. The van der Waals surface area contributed by atoms with Crippen LogP contribution in [0.2, 0.25) is 0 Å². The van der Waals surface area contributed by atoms with Crippen molar-refractivity contribution < 1.29 is 35.1 Å². The third kappa shape index (κ3) is 21.3. The number of aliphatic carboxylic acids is 1. The lowest BCUT2D eigenvalue weighted by Crippen LogP contribution is -2.40. The lowest BCUT2D eigenvalue weighted by atomic mass is 10.0. The molecule has 0 aromatic heterocycles. The summed E-state index contributed by atoms with van der Waals surface area (Å²) in [5.41, 5.74) is 0. The number of aliphatic hydroxyl groups excluding tert-OH is 4. The molecular formula is C21H42O7. The van der Waals surface area contributed by atoms with Crippen LogP contribution in [0, 0.1) is 0 Å². The van der Waals surface area contributed by atoms with E-state index in [1.165, 1.54) is 70.6 Å².